The van der Waals surface area contributed by atoms with E-state index in [2.05, 4.69) is 40.1 Å². The van der Waals surface area contributed by atoms with Crippen LogP contribution in [-0.2, 0) is 19.1 Å². The maximum absolute atomic E-state index is 12.3. The number of carbonyl (C=O) groups excluding carboxylic acids is 2. The molecule has 5 nitrogen and oxygen atoms in total. The molecule has 0 saturated carbocycles. The Bertz CT molecular complexity index is 680. The Kier molecular flexibility index (Phi) is 41.2. The molecule has 0 heterocycles. The maximum atomic E-state index is 12.3. The number of nitrogens with one attached hydrogen (secondary N) is 1. The second-order valence-corrected chi connectivity index (χ2v) is 16.8. The summed E-state index contributed by atoms with van der Waals surface area (Å²) in [5.41, 5.74) is 0. The first-order valence-electron chi connectivity index (χ1n) is 24.0. The Morgan fingerprint density at radius 3 is 0.981 bits per heavy atom. The Balaban J connectivity index is 3.92. The molecule has 0 saturated heterocycles. The fourth-order valence-electron chi connectivity index (χ4n) is 8.02. The van der Waals surface area contributed by atoms with Gasteiger partial charge in [0.2, 0.25) is 0 Å². The predicted octanol–water partition coefficient (Wildman–Crippen LogP) is 14.9. The summed E-state index contributed by atoms with van der Waals surface area (Å²) in [6.07, 6.45) is 42.7. The van der Waals surface area contributed by atoms with Gasteiger partial charge in [0.05, 0.1) is 13.2 Å². The highest BCUT2D eigenvalue weighted by Crippen LogP contribution is 2.24. The molecule has 0 aromatic carbocycles. The van der Waals surface area contributed by atoms with Crippen LogP contribution in [0.15, 0.2) is 0 Å². The Morgan fingerprint density at radius 2 is 0.660 bits per heavy atom. The zero-order valence-corrected chi connectivity index (χ0v) is 36.7. The molecule has 1 N–H and O–H groups in total. The van der Waals surface area contributed by atoms with E-state index in [0.29, 0.717) is 26.1 Å². The van der Waals surface area contributed by atoms with Crippen LogP contribution in [0.5, 0.6) is 0 Å². The fourth-order valence-corrected chi connectivity index (χ4v) is 8.02. The minimum Gasteiger partial charge on any atom is -0.466 e. The standard InChI is InChI=1S/C48H95NO4/c1-6-10-22-30-45(31-23-11-7-2)39-42-52-47(50)36-28-20-16-14-18-26-34-44(38-41-49-5)35-27-19-15-17-21-29-37-48(51)53-43-40-46(32-24-12-8-3)33-25-13-9-4/h44-46,49H,6-43H2,1-5H3. The third-order valence-corrected chi connectivity index (χ3v) is 11.7. The Hall–Kier alpha value is -1.10. The van der Waals surface area contributed by atoms with E-state index in [1.807, 2.05) is 0 Å². The maximum Gasteiger partial charge on any atom is 0.305 e. The van der Waals surface area contributed by atoms with Gasteiger partial charge in [-0.1, -0.05) is 207 Å². The lowest BCUT2D eigenvalue weighted by Crippen LogP contribution is -2.13. The van der Waals surface area contributed by atoms with E-state index in [0.717, 1.165) is 62.8 Å². The van der Waals surface area contributed by atoms with Crippen LogP contribution >= 0.6 is 0 Å². The molecule has 0 rings (SSSR count). The minimum absolute atomic E-state index is 0.0167. The molecule has 0 radical (unpaired) electrons. The van der Waals surface area contributed by atoms with Crippen LogP contribution in [0.1, 0.15) is 252 Å². The average Bonchev–Trinajstić information content (AvgIpc) is 3.15. The van der Waals surface area contributed by atoms with Crippen molar-refractivity contribution in [3.8, 4) is 0 Å². The number of rotatable bonds is 43. The minimum atomic E-state index is 0.0167. The molecule has 53 heavy (non-hydrogen) atoms. The molecule has 5 heteroatoms. The summed E-state index contributed by atoms with van der Waals surface area (Å²) in [4.78, 5) is 24.6. The van der Waals surface area contributed by atoms with Crippen molar-refractivity contribution in [2.75, 3.05) is 26.8 Å². The van der Waals surface area contributed by atoms with Crippen molar-refractivity contribution < 1.29 is 19.1 Å². The molecule has 0 unspecified atom stereocenters. The van der Waals surface area contributed by atoms with Gasteiger partial charge in [-0.2, -0.15) is 0 Å². The van der Waals surface area contributed by atoms with E-state index in [-0.39, 0.29) is 11.9 Å². The molecule has 0 aliphatic carbocycles. The number of esters is 2. The predicted molar refractivity (Wildman–Crippen MR) is 231 cm³/mol. The lowest BCUT2D eigenvalue weighted by Gasteiger charge is -2.17. The Morgan fingerprint density at radius 1 is 0.377 bits per heavy atom. The number of unbranched alkanes of at least 4 members (excludes halogenated alkanes) is 18. The van der Waals surface area contributed by atoms with Crippen LogP contribution in [-0.4, -0.2) is 38.7 Å². The molecule has 0 aliphatic rings. The highest BCUT2D eigenvalue weighted by atomic mass is 16.5. The molecule has 0 aromatic rings. The number of hydrogen-bond acceptors (Lipinski definition) is 5. The number of ether oxygens (including phenoxy) is 2. The first kappa shape index (κ1) is 51.9. The molecule has 0 amide bonds. The molecular formula is C48H95NO4. The molecule has 0 atom stereocenters. The van der Waals surface area contributed by atoms with E-state index in [4.69, 9.17) is 9.47 Å². The third kappa shape index (κ3) is 37.6. The summed E-state index contributed by atoms with van der Waals surface area (Å²) in [6, 6.07) is 0. The number of carbonyl (C=O) groups is 2. The van der Waals surface area contributed by atoms with Gasteiger partial charge in [-0.3, -0.25) is 9.59 Å². The van der Waals surface area contributed by atoms with Crippen molar-refractivity contribution in [2.24, 2.45) is 17.8 Å². The zero-order valence-electron chi connectivity index (χ0n) is 36.7. The summed E-state index contributed by atoms with van der Waals surface area (Å²) >= 11 is 0. The first-order valence-corrected chi connectivity index (χ1v) is 24.0. The SMILES string of the molecule is CCCCCC(CCCCC)CCOC(=O)CCCCCCCCC(CCCCCCCCC(=O)OCCC(CCCCC)CCCCC)CCNC. The van der Waals surface area contributed by atoms with Gasteiger partial charge in [0.15, 0.2) is 0 Å². The van der Waals surface area contributed by atoms with E-state index in [9.17, 15) is 9.59 Å². The van der Waals surface area contributed by atoms with Crippen molar-refractivity contribution in [2.45, 2.75) is 252 Å². The topological polar surface area (TPSA) is 64.6 Å². The monoisotopic (exact) mass is 750 g/mol. The summed E-state index contributed by atoms with van der Waals surface area (Å²) < 4.78 is 11.3. The highest BCUT2D eigenvalue weighted by molar-refractivity contribution is 5.69. The van der Waals surface area contributed by atoms with Crippen LogP contribution in [0.25, 0.3) is 0 Å². The second kappa shape index (κ2) is 42.1. The van der Waals surface area contributed by atoms with E-state index in [1.165, 1.54) is 173 Å². The van der Waals surface area contributed by atoms with Gasteiger partial charge in [0.1, 0.15) is 0 Å². The van der Waals surface area contributed by atoms with Crippen LogP contribution < -0.4 is 5.32 Å². The van der Waals surface area contributed by atoms with Crippen molar-refractivity contribution in [1.29, 1.82) is 0 Å². The molecule has 0 spiro atoms. The summed E-state index contributed by atoms with van der Waals surface area (Å²) in [5, 5.41) is 3.37. The number of hydrogen-bond donors (Lipinski definition) is 1. The fraction of sp³-hybridized carbons (Fsp3) is 0.958. The van der Waals surface area contributed by atoms with Crippen molar-refractivity contribution in [3.63, 3.8) is 0 Å². The molecule has 0 aromatic heterocycles. The highest BCUT2D eigenvalue weighted by Gasteiger charge is 2.13. The largest absolute Gasteiger partial charge is 0.466 e. The summed E-state index contributed by atoms with van der Waals surface area (Å²) in [5.74, 6) is 2.33. The van der Waals surface area contributed by atoms with Crippen molar-refractivity contribution in [1.82, 2.24) is 5.32 Å². The molecular weight excluding hydrogens is 655 g/mol. The van der Waals surface area contributed by atoms with Gasteiger partial charge in [-0.25, -0.2) is 0 Å². The quantitative estimate of drug-likeness (QED) is 0.0497. The first-order chi connectivity index (χ1) is 26.0. The third-order valence-electron chi connectivity index (χ3n) is 11.7. The lowest BCUT2D eigenvalue weighted by molar-refractivity contribution is -0.145. The van der Waals surface area contributed by atoms with Gasteiger partial charge < -0.3 is 14.8 Å². The molecule has 0 bridgehead atoms. The Labute approximate surface area is 332 Å². The van der Waals surface area contributed by atoms with E-state index in [1.54, 1.807) is 0 Å². The van der Waals surface area contributed by atoms with Gasteiger partial charge >= 0.3 is 11.9 Å². The zero-order chi connectivity index (χ0) is 38.9. The van der Waals surface area contributed by atoms with Gasteiger partial charge in [0, 0.05) is 12.8 Å². The van der Waals surface area contributed by atoms with Gasteiger partial charge in [-0.15, -0.1) is 0 Å². The second-order valence-electron chi connectivity index (χ2n) is 16.8. The van der Waals surface area contributed by atoms with Gasteiger partial charge in [-0.05, 0) is 63.5 Å². The average molecular weight is 750 g/mol. The van der Waals surface area contributed by atoms with Crippen molar-refractivity contribution >= 4 is 11.9 Å². The summed E-state index contributed by atoms with van der Waals surface area (Å²) in [7, 11) is 2.07. The lowest BCUT2D eigenvalue weighted by atomic mass is 9.91. The summed E-state index contributed by atoms with van der Waals surface area (Å²) in [6.45, 7) is 11.4. The van der Waals surface area contributed by atoms with E-state index < -0.39 is 0 Å². The smallest absolute Gasteiger partial charge is 0.305 e. The van der Waals surface area contributed by atoms with Crippen LogP contribution in [0.3, 0.4) is 0 Å². The van der Waals surface area contributed by atoms with Crippen LogP contribution in [0.4, 0.5) is 0 Å². The molecule has 316 valence electrons. The van der Waals surface area contributed by atoms with Gasteiger partial charge in [0.25, 0.3) is 0 Å². The van der Waals surface area contributed by atoms with Crippen molar-refractivity contribution in [3.05, 3.63) is 0 Å². The molecule has 0 fully saturated rings. The normalized spacial score (nSPS) is 11.7. The van der Waals surface area contributed by atoms with Crippen LogP contribution in [0.2, 0.25) is 0 Å². The van der Waals surface area contributed by atoms with Crippen LogP contribution in [0, 0.1) is 17.8 Å². The molecule has 0 aliphatic heterocycles. The van der Waals surface area contributed by atoms with E-state index >= 15 is 0 Å².